The molecule has 12 heteroatoms. The summed E-state index contributed by atoms with van der Waals surface area (Å²) in [7, 11) is 1.37. The number of benzene rings is 2. The highest BCUT2D eigenvalue weighted by Crippen LogP contribution is 2.50. The molecule has 3 aliphatic rings. The van der Waals surface area contributed by atoms with Crippen molar-refractivity contribution < 1.29 is 43.7 Å². The molecule has 3 amide bonds. The minimum atomic E-state index is -0.876. The van der Waals surface area contributed by atoms with Crippen LogP contribution in [0, 0.1) is 5.41 Å². The van der Waals surface area contributed by atoms with Crippen LogP contribution >= 0.6 is 0 Å². The second kappa shape index (κ2) is 12.0. The van der Waals surface area contributed by atoms with Crippen LogP contribution in [0.25, 0.3) is 0 Å². The maximum atomic E-state index is 13.5. The number of unbranched alkanes of at least 4 members (excludes halogenated alkanes) is 2. The predicted molar refractivity (Wildman–Crippen MR) is 155 cm³/mol. The normalized spacial score (nSPS) is 19.4. The summed E-state index contributed by atoms with van der Waals surface area (Å²) in [5.74, 6) is -2.87. The highest BCUT2D eigenvalue weighted by molar-refractivity contribution is 6.31. The number of methoxy groups -OCH3 is 1. The summed E-state index contributed by atoms with van der Waals surface area (Å²) in [5, 5.41) is 22.6. The second-order valence-electron chi connectivity index (χ2n) is 11.6. The van der Waals surface area contributed by atoms with Crippen molar-refractivity contribution in [2.45, 2.75) is 57.9 Å². The van der Waals surface area contributed by atoms with E-state index in [1.165, 1.54) is 25.3 Å². The van der Waals surface area contributed by atoms with Crippen LogP contribution < -0.4 is 15.6 Å². The Morgan fingerprint density at radius 1 is 1.00 bits per heavy atom. The third-order valence-corrected chi connectivity index (χ3v) is 8.80. The van der Waals surface area contributed by atoms with Crippen molar-refractivity contribution in [1.29, 1.82) is 0 Å². The van der Waals surface area contributed by atoms with Gasteiger partial charge in [0.15, 0.2) is 5.78 Å². The maximum absolute atomic E-state index is 13.5. The predicted octanol–water partition coefficient (Wildman–Crippen LogP) is 2.05. The van der Waals surface area contributed by atoms with Crippen LogP contribution in [0.5, 0.6) is 17.2 Å². The molecule has 0 bridgehead atoms. The van der Waals surface area contributed by atoms with Gasteiger partial charge in [0, 0.05) is 41.8 Å². The number of fused-ring (bicyclic) bond motifs is 3. The molecule has 2 atom stereocenters. The number of aldehydes is 1. The van der Waals surface area contributed by atoms with E-state index in [9.17, 15) is 39.0 Å². The van der Waals surface area contributed by atoms with Gasteiger partial charge in [0.1, 0.15) is 23.5 Å². The third-order valence-electron chi connectivity index (χ3n) is 8.80. The van der Waals surface area contributed by atoms with Crippen molar-refractivity contribution >= 4 is 35.6 Å². The van der Waals surface area contributed by atoms with E-state index in [4.69, 9.17) is 4.74 Å². The number of phenolic OH excluding ortho intramolecular Hbond substituents is 2. The number of imide groups is 1. The van der Waals surface area contributed by atoms with Crippen molar-refractivity contribution in [2.75, 3.05) is 13.7 Å². The lowest BCUT2D eigenvalue weighted by Crippen LogP contribution is -2.54. The maximum Gasteiger partial charge on any atom is 0.253 e. The number of ether oxygens (including phenoxy) is 1. The lowest BCUT2D eigenvalue weighted by atomic mass is 9.67. The Morgan fingerprint density at radius 2 is 1.68 bits per heavy atom. The highest BCUT2D eigenvalue weighted by Gasteiger charge is 2.44. The molecule has 5 rings (SSSR count). The van der Waals surface area contributed by atoms with Crippen molar-refractivity contribution in [3.05, 3.63) is 63.7 Å². The van der Waals surface area contributed by atoms with Crippen molar-refractivity contribution in [3.63, 3.8) is 0 Å². The number of ketones is 2. The van der Waals surface area contributed by atoms with Gasteiger partial charge in [-0.15, -0.1) is 0 Å². The summed E-state index contributed by atoms with van der Waals surface area (Å²) < 4.78 is 5.28. The van der Waals surface area contributed by atoms with E-state index >= 15 is 0 Å². The molecule has 4 N–H and O–H groups in total. The lowest BCUT2D eigenvalue weighted by molar-refractivity contribution is -0.137. The van der Waals surface area contributed by atoms with Gasteiger partial charge in [0.2, 0.25) is 11.7 Å². The zero-order valence-corrected chi connectivity index (χ0v) is 24.4. The van der Waals surface area contributed by atoms with Gasteiger partial charge < -0.3 is 19.7 Å². The Bertz CT molecular complexity index is 1610. The topological polar surface area (TPSA) is 179 Å². The molecule has 44 heavy (non-hydrogen) atoms. The Labute approximate surface area is 253 Å². The number of aromatic hydroxyl groups is 2. The van der Waals surface area contributed by atoms with Crippen LogP contribution in [0.3, 0.4) is 0 Å². The molecule has 0 aromatic heterocycles. The largest absolute Gasteiger partial charge is 0.507 e. The first-order valence-corrected chi connectivity index (χ1v) is 14.4. The summed E-state index contributed by atoms with van der Waals surface area (Å²) >= 11 is 0. The number of nitrogens with one attached hydrogen (secondary N) is 2. The van der Waals surface area contributed by atoms with Gasteiger partial charge in [0.05, 0.1) is 29.8 Å². The number of hydrogen-bond donors (Lipinski definition) is 4. The van der Waals surface area contributed by atoms with E-state index < -0.39 is 28.8 Å². The minimum Gasteiger partial charge on any atom is -0.507 e. The molecule has 0 radical (unpaired) electrons. The molecular weight excluding hydrogens is 570 g/mol. The van der Waals surface area contributed by atoms with Crippen LogP contribution in [0.1, 0.15) is 82.0 Å². The summed E-state index contributed by atoms with van der Waals surface area (Å²) in [6.45, 7) is 2.08. The van der Waals surface area contributed by atoms with Crippen LogP contribution in [0.15, 0.2) is 30.4 Å². The van der Waals surface area contributed by atoms with Crippen LogP contribution in [0.4, 0.5) is 0 Å². The first kappa shape index (κ1) is 30.6. The molecule has 1 aliphatic heterocycles. The average molecular weight is 604 g/mol. The second-order valence-corrected chi connectivity index (χ2v) is 11.6. The van der Waals surface area contributed by atoms with E-state index in [2.05, 4.69) is 10.9 Å². The fourth-order valence-corrected chi connectivity index (χ4v) is 6.26. The van der Waals surface area contributed by atoms with E-state index in [1.807, 2.05) is 0 Å². The molecule has 0 spiro atoms. The van der Waals surface area contributed by atoms with Gasteiger partial charge in [-0.2, -0.15) is 0 Å². The summed E-state index contributed by atoms with van der Waals surface area (Å²) in [5.41, 5.74) is 4.67. The number of rotatable bonds is 11. The molecule has 2 aromatic rings. The van der Waals surface area contributed by atoms with Gasteiger partial charge in [-0.05, 0) is 43.6 Å². The van der Waals surface area contributed by atoms with Crippen LogP contribution in [-0.2, 0) is 32.0 Å². The highest BCUT2D eigenvalue weighted by atomic mass is 16.5. The smallest absolute Gasteiger partial charge is 0.253 e. The minimum absolute atomic E-state index is 0.0258. The number of carbonyl (C=O) groups is 6. The monoisotopic (exact) mass is 603 g/mol. The standard InChI is InChI=1S/C32H33N3O9/c1-32(21(16-36)33-34-22(37)9-4-3-5-14-35-23(38)10-11-24(35)39)13-12-17-19(15-32)30(42)26-27(28(17)40)31(43)25-18(29(26)41)7-6-8-20(25)44-2/h6-8,10-11,16,21,33,40,42H,3-5,9,12-15H2,1-2H3,(H,34,37). The molecule has 0 saturated carbocycles. The lowest BCUT2D eigenvalue weighted by Gasteiger charge is -2.40. The van der Waals surface area contributed by atoms with Gasteiger partial charge in [0.25, 0.3) is 11.8 Å². The van der Waals surface area contributed by atoms with Crippen molar-refractivity contribution in [2.24, 2.45) is 5.41 Å². The number of amides is 3. The van der Waals surface area contributed by atoms with E-state index in [1.54, 1.807) is 19.1 Å². The zero-order valence-electron chi connectivity index (χ0n) is 24.4. The van der Waals surface area contributed by atoms with Crippen molar-refractivity contribution in [3.8, 4) is 17.2 Å². The average Bonchev–Trinajstić information content (AvgIpc) is 3.33. The molecule has 230 valence electrons. The molecule has 2 aliphatic carbocycles. The van der Waals surface area contributed by atoms with Gasteiger partial charge in [-0.25, -0.2) is 5.43 Å². The van der Waals surface area contributed by atoms with Crippen molar-refractivity contribution in [1.82, 2.24) is 15.8 Å². The van der Waals surface area contributed by atoms with E-state index in [-0.39, 0.29) is 82.8 Å². The Balaban J connectivity index is 1.25. The molecule has 0 fully saturated rings. The number of nitrogens with zero attached hydrogens (tertiary/aromatic N) is 1. The Hall–Kier alpha value is -4.84. The quantitative estimate of drug-likeness (QED) is 0.0833. The molecule has 2 unspecified atom stereocenters. The summed E-state index contributed by atoms with van der Waals surface area (Å²) in [6, 6.07) is 3.69. The summed E-state index contributed by atoms with van der Waals surface area (Å²) in [6.07, 6.45) is 5.60. The van der Waals surface area contributed by atoms with Gasteiger partial charge in [-0.3, -0.25) is 34.3 Å². The fourth-order valence-electron chi connectivity index (χ4n) is 6.26. The van der Waals surface area contributed by atoms with Gasteiger partial charge in [-0.1, -0.05) is 25.5 Å². The molecule has 0 saturated heterocycles. The molecular formula is C32H33N3O9. The first-order chi connectivity index (χ1) is 21.0. The zero-order chi connectivity index (χ0) is 31.8. The van der Waals surface area contributed by atoms with Gasteiger partial charge >= 0.3 is 0 Å². The number of hydrazine groups is 1. The molecule has 2 aromatic carbocycles. The number of phenols is 2. The van der Waals surface area contributed by atoms with Crippen LogP contribution in [-0.4, -0.2) is 70.4 Å². The first-order valence-electron chi connectivity index (χ1n) is 14.4. The number of carbonyl (C=O) groups excluding carboxylic acids is 6. The SMILES string of the molecule is COc1cccc2c1C(=O)c1c(O)c3c(c(O)c1C2=O)CC(C)(C(C=O)NNC(=O)CCCCCN1C(=O)C=CC1=O)CC3. The van der Waals surface area contributed by atoms with Crippen LogP contribution in [0.2, 0.25) is 0 Å². The molecule has 1 heterocycles. The van der Waals surface area contributed by atoms with E-state index in [0.29, 0.717) is 37.5 Å². The molecule has 12 nitrogen and oxygen atoms in total. The third kappa shape index (κ3) is 5.25. The summed E-state index contributed by atoms with van der Waals surface area (Å²) in [4.78, 5) is 76.0. The van der Waals surface area contributed by atoms with E-state index in [0.717, 1.165) is 4.90 Å². The number of hydrogen-bond acceptors (Lipinski definition) is 10. The fraction of sp³-hybridized carbons (Fsp3) is 0.375. The Morgan fingerprint density at radius 3 is 2.36 bits per heavy atom. The Kier molecular flexibility index (Phi) is 8.38.